The first-order valence-electron chi connectivity index (χ1n) is 8.80. The summed E-state index contributed by atoms with van der Waals surface area (Å²) in [6.07, 6.45) is 5.33. The quantitative estimate of drug-likeness (QED) is 0.921. The number of carbonyl (C=O) groups is 1. The molecule has 3 aliphatic rings. The molecule has 1 N–H and O–H groups in total. The van der Waals surface area contributed by atoms with Gasteiger partial charge in [0, 0.05) is 19.0 Å². The molecule has 1 aromatic heterocycles. The SMILES string of the molecule is CC(C)c1noc([C@@]23CCC[C@@H]2CN(C(=O)C2(O)CCC2)C3)n1. The number of amides is 1. The lowest BCUT2D eigenvalue weighted by Crippen LogP contribution is -2.53. The molecule has 0 unspecified atom stereocenters. The number of rotatable bonds is 3. The number of fused-ring (bicyclic) bond motifs is 1. The second-order valence-corrected chi connectivity index (χ2v) is 7.93. The first-order chi connectivity index (χ1) is 10.9. The monoisotopic (exact) mass is 319 g/mol. The second kappa shape index (κ2) is 5.03. The lowest BCUT2D eigenvalue weighted by Gasteiger charge is -2.38. The molecule has 6 nitrogen and oxygen atoms in total. The minimum Gasteiger partial charge on any atom is -0.380 e. The highest BCUT2D eigenvalue weighted by Gasteiger charge is 2.57. The van der Waals surface area contributed by atoms with Crippen molar-refractivity contribution in [3.8, 4) is 0 Å². The summed E-state index contributed by atoms with van der Waals surface area (Å²) in [7, 11) is 0. The van der Waals surface area contributed by atoms with E-state index in [0.29, 0.717) is 37.7 Å². The van der Waals surface area contributed by atoms with Gasteiger partial charge in [-0.3, -0.25) is 4.79 Å². The smallest absolute Gasteiger partial charge is 0.254 e. The van der Waals surface area contributed by atoms with Gasteiger partial charge in [-0.05, 0) is 38.0 Å². The van der Waals surface area contributed by atoms with E-state index >= 15 is 0 Å². The highest BCUT2D eigenvalue weighted by atomic mass is 16.5. The topological polar surface area (TPSA) is 79.5 Å². The van der Waals surface area contributed by atoms with Crippen molar-refractivity contribution in [2.75, 3.05) is 13.1 Å². The zero-order valence-electron chi connectivity index (χ0n) is 13.9. The van der Waals surface area contributed by atoms with Gasteiger partial charge in [-0.2, -0.15) is 4.98 Å². The first-order valence-corrected chi connectivity index (χ1v) is 8.80. The van der Waals surface area contributed by atoms with Crippen LogP contribution in [0.5, 0.6) is 0 Å². The number of aliphatic hydroxyl groups is 1. The Labute approximate surface area is 136 Å². The number of nitrogens with zero attached hydrogens (tertiary/aromatic N) is 3. The van der Waals surface area contributed by atoms with Gasteiger partial charge in [0.25, 0.3) is 5.91 Å². The van der Waals surface area contributed by atoms with Crippen molar-refractivity contribution in [2.24, 2.45) is 5.92 Å². The molecule has 0 radical (unpaired) electrons. The third-order valence-electron chi connectivity index (χ3n) is 6.12. The normalized spacial score (nSPS) is 32.2. The molecule has 3 fully saturated rings. The van der Waals surface area contributed by atoms with Gasteiger partial charge in [-0.1, -0.05) is 25.4 Å². The van der Waals surface area contributed by atoms with Gasteiger partial charge in [-0.15, -0.1) is 0 Å². The van der Waals surface area contributed by atoms with Gasteiger partial charge in [0.05, 0.1) is 5.41 Å². The fraction of sp³-hybridized carbons (Fsp3) is 0.824. The molecule has 1 amide bonds. The molecule has 1 aromatic rings. The summed E-state index contributed by atoms with van der Waals surface area (Å²) >= 11 is 0. The van der Waals surface area contributed by atoms with Crippen LogP contribution in [0.3, 0.4) is 0 Å². The largest absolute Gasteiger partial charge is 0.380 e. The van der Waals surface area contributed by atoms with Gasteiger partial charge < -0.3 is 14.5 Å². The molecule has 4 rings (SSSR count). The summed E-state index contributed by atoms with van der Waals surface area (Å²) in [5.74, 6) is 1.94. The maximum Gasteiger partial charge on any atom is 0.254 e. The van der Waals surface area contributed by atoms with Crippen molar-refractivity contribution >= 4 is 5.91 Å². The standard InChI is InChI=1S/C17H25N3O3/c1-11(2)13-18-14(23-19-13)16-6-3-5-12(16)9-20(10-16)15(21)17(22)7-4-8-17/h11-12,22H,3-10H2,1-2H3/t12-,16-/m1/s1. The highest BCUT2D eigenvalue weighted by Crippen LogP contribution is 2.51. The van der Waals surface area contributed by atoms with Gasteiger partial charge >= 0.3 is 0 Å². The Hall–Kier alpha value is -1.43. The molecular formula is C17H25N3O3. The Balaban J connectivity index is 1.60. The van der Waals surface area contributed by atoms with E-state index in [1.54, 1.807) is 0 Å². The molecule has 0 spiro atoms. The van der Waals surface area contributed by atoms with Crippen LogP contribution < -0.4 is 0 Å². The van der Waals surface area contributed by atoms with Gasteiger partial charge in [-0.25, -0.2) is 0 Å². The van der Waals surface area contributed by atoms with Crippen molar-refractivity contribution in [1.82, 2.24) is 15.0 Å². The van der Waals surface area contributed by atoms with Gasteiger partial charge in [0.2, 0.25) is 5.89 Å². The van der Waals surface area contributed by atoms with Crippen molar-refractivity contribution in [1.29, 1.82) is 0 Å². The molecule has 2 atom stereocenters. The molecule has 0 bridgehead atoms. The maximum atomic E-state index is 12.7. The van der Waals surface area contributed by atoms with Crippen molar-refractivity contribution in [3.63, 3.8) is 0 Å². The number of aromatic nitrogens is 2. The van der Waals surface area contributed by atoms with Crippen molar-refractivity contribution < 1.29 is 14.4 Å². The Kier molecular flexibility index (Phi) is 3.31. The van der Waals surface area contributed by atoms with Crippen LogP contribution in [0.2, 0.25) is 0 Å². The van der Waals surface area contributed by atoms with E-state index in [1.165, 1.54) is 0 Å². The highest BCUT2D eigenvalue weighted by molar-refractivity contribution is 5.86. The van der Waals surface area contributed by atoms with Crippen LogP contribution >= 0.6 is 0 Å². The Bertz CT molecular complexity index is 622. The summed E-state index contributed by atoms with van der Waals surface area (Å²) in [5, 5.41) is 14.5. The molecule has 2 aliphatic carbocycles. The summed E-state index contributed by atoms with van der Waals surface area (Å²) in [6, 6.07) is 0. The zero-order chi connectivity index (χ0) is 16.2. The second-order valence-electron chi connectivity index (χ2n) is 7.93. The molecule has 0 aromatic carbocycles. The summed E-state index contributed by atoms with van der Waals surface area (Å²) < 4.78 is 5.61. The zero-order valence-corrected chi connectivity index (χ0v) is 13.9. The lowest BCUT2D eigenvalue weighted by atomic mass is 9.79. The molecule has 6 heteroatoms. The van der Waals surface area contributed by atoms with E-state index in [0.717, 1.165) is 31.5 Å². The third kappa shape index (κ3) is 2.14. The van der Waals surface area contributed by atoms with Gasteiger partial charge in [0.1, 0.15) is 5.60 Å². The van der Waals surface area contributed by atoms with Crippen molar-refractivity contribution in [3.05, 3.63) is 11.7 Å². The molecule has 2 heterocycles. The minimum absolute atomic E-state index is 0.0962. The average molecular weight is 319 g/mol. The maximum absolute atomic E-state index is 12.7. The molecular weight excluding hydrogens is 294 g/mol. The van der Waals surface area contributed by atoms with Crippen LogP contribution in [0.1, 0.15) is 70.0 Å². The predicted molar refractivity (Wildman–Crippen MR) is 82.8 cm³/mol. The lowest BCUT2D eigenvalue weighted by molar-refractivity contribution is -0.159. The summed E-state index contributed by atoms with van der Waals surface area (Å²) in [4.78, 5) is 19.2. The first kappa shape index (κ1) is 15.1. The van der Waals surface area contributed by atoms with Crippen LogP contribution in [0.25, 0.3) is 0 Å². The fourth-order valence-electron chi connectivity index (χ4n) is 4.49. The summed E-state index contributed by atoms with van der Waals surface area (Å²) in [5.41, 5.74) is -1.31. The van der Waals surface area contributed by atoms with Crippen LogP contribution in [-0.2, 0) is 10.2 Å². The van der Waals surface area contributed by atoms with E-state index in [4.69, 9.17) is 4.52 Å². The van der Waals surface area contributed by atoms with E-state index in [1.807, 2.05) is 4.90 Å². The molecule has 1 saturated heterocycles. The Morgan fingerprint density at radius 1 is 1.35 bits per heavy atom. The molecule has 2 saturated carbocycles. The van der Waals surface area contributed by atoms with E-state index < -0.39 is 5.60 Å². The Morgan fingerprint density at radius 2 is 2.13 bits per heavy atom. The fourth-order valence-corrected chi connectivity index (χ4v) is 4.49. The number of likely N-dealkylation sites (tertiary alicyclic amines) is 1. The molecule has 126 valence electrons. The van der Waals surface area contributed by atoms with Crippen LogP contribution in [0, 0.1) is 5.92 Å². The number of hydrogen-bond donors (Lipinski definition) is 1. The van der Waals surface area contributed by atoms with E-state index in [9.17, 15) is 9.90 Å². The Morgan fingerprint density at radius 3 is 2.74 bits per heavy atom. The number of hydrogen-bond acceptors (Lipinski definition) is 5. The van der Waals surface area contributed by atoms with Crippen LogP contribution in [-0.4, -0.2) is 44.7 Å². The molecule has 1 aliphatic heterocycles. The van der Waals surface area contributed by atoms with Crippen molar-refractivity contribution in [2.45, 2.75) is 69.3 Å². The van der Waals surface area contributed by atoms with Crippen LogP contribution in [0.4, 0.5) is 0 Å². The van der Waals surface area contributed by atoms with E-state index in [-0.39, 0.29) is 17.2 Å². The van der Waals surface area contributed by atoms with Gasteiger partial charge in [0.15, 0.2) is 5.82 Å². The third-order valence-corrected chi connectivity index (χ3v) is 6.12. The van der Waals surface area contributed by atoms with Crippen LogP contribution in [0.15, 0.2) is 4.52 Å². The van der Waals surface area contributed by atoms with E-state index in [2.05, 4.69) is 24.0 Å². The average Bonchev–Trinajstić information content (AvgIpc) is 3.16. The predicted octanol–water partition coefficient (Wildman–Crippen LogP) is 1.99. The summed E-state index contributed by atoms with van der Waals surface area (Å²) in [6.45, 7) is 5.42. The molecule has 23 heavy (non-hydrogen) atoms. The minimum atomic E-state index is -1.11. The number of carbonyl (C=O) groups excluding carboxylic acids is 1.